The molecule has 0 amide bonds. The predicted molar refractivity (Wildman–Crippen MR) is 62.7 cm³/mol. The van der Waals surface area contributed by atoms with E-state index in [4.69, 9.17) is 9.84 Å². The van der Waals surface area contributed by atoms with Gasteiger partial charge in [-0.25, -0.2) is 0 Å². The number of rotatable bonds is 6. The van der Waals surface area contributed by atoms with Gasteiger partial charge in [-0.05, 0) is 18.8 Å². The van der Waals surface area contributed by atoms with Crippen molar-refractivity contribution in [2.24, 2.45) is 5.92 Å². The van der Waals surface area contributed by atoms with Crippen LogP contribution in [-0.2, 0) is 4.74 Å². The summed E-state index contributed by atoms with van der Waals surface area (Å²) in [5.41, 5.74) is 0. The molecular weight excluding hydrogens is 188 g/mol. The molecule has 1 rings (SSSR count). The van der Waals surface area contributed by atoms with Crippen LogP contribution in [0.25, 0.3) is 0 Å². The fourth-order valence-corrected chi connectivity index (χ4v) is 1.95. The van der Waals surface area contributed by atoms with Crippen molar-refractivity contribution in [2.75, 3.05) is 13.2 Å². The maximum absolute atomic E-state index is 8.85. The number of ether oxygens (including phenoxy) is 1. The molecule has 1 fully saturated rings. The van der Waals surface area contributed by atoms with Crippen molar-refractivity contribution in [2.45, 2.75) is 38.2 Å². The average Bonchev–Trinajstić information content (AvgIpc) is 2.31. The Balaban J connectivity index is 2.12. The van der Waals surface area contributed by atoms with Gasteiger partial charge in [0.1, 0.15) is 0 Å². The zero-order chi connectivity index (χ0) is 10.9. The van der Waals surface area contributed by atoms with Crippen molar-refractivity contribution in [1.82, 2.24) is 0 Å². The van der Waals surface area contributed by atoms with Gasteiger partial charge >= 0.3 is 0 Å². The molecule has 0 aromatic heterocycles. The van der Waals surface area contributed by atoms with E-state index in [9.17, 15) is 0 Å². The summed E-state index contributed by atoms with van der Waals surface area (Å²) in [4.78, 5) is 0. The Labute approximate surface area is 92.6 Å². The van der Waals surface area contributed by atoms with Gasteiger partial charge in [0.2, 0.25) is 0 Å². The number of hydrogen-bond donors (Lipinski definition) is 1. The van der Waals surface area contributed by atoms with Gasteiger partial charge in [-0.15, -0.1) is 6.58 Å². The molecule has 0 aliphatic heterocycles. The summed E-state index contributed by atoms with van der Waals surface area (Å²) in [6, 6.07) is 0. The largest absolute Gasteiger partial charge is 0.393 e. The van der Waals surface area contributed by atoms with Crippen LogP contribution < -0.4 is 0 Å². The topological polar surface area (TPSA) is 29.5 Å². The second-order valence-corrected chi connectivity index (χ2v) is 4.12. The van der Waals surface area contributed by atoms with E-state index in [1.165, 1.54) is 32.1 Å². The van der Waals surface area contributed by atoms with Crippen LogP contribution >= 0.6 is 0 Å². The highest BCUT2D eigenvalue weighted by Gasteiger charge is 2.09. The lowest BCUT2D eigenvalue weighted by Crippen LogP contribution is -2.14. The lowest BCUT2D eigenvalue weighted by Gasteiger charge is -2.17. The Morgan fingerprint density at radius 2 is 2.07 bits per heavy atom. The van der Waals surface area contributed by atoms with Gasteiger partial charge in [-0.1, -0.05) is 37.5 Å². The van der Waals surface area contributed by atoms with Gasteiger partial charge in [0, 0.05) is 0 Å². The summed E-state index contributed by atoms with van der Waals surface area (Å²) in [6.07, 6.45) is 12.5. The van der Waals surface area contributed by atoms with E-state index < -0.39 is 0 Å². The predicted octanol–water partition coefficient (Wildman–Crippen LogP) is 2.69. The standard InChI is InChI=1S/C13H22O2/c1-2-13(11-14)15-10-6-9-12-7-4-3-5-8-12/h2,6,9,12-14H,1,3-5,7-8,10-11H2/b9-6+/t13-/m1/s1. The molecule has 1 N–H and O–H groups in total. The van der Waals surface area contributed by atoms with Crippen molar-refractivity contribution in [3.63, 3.8) is 0 Å². The molecule has 1 aliphatic rings. The molecule has 1 atom stereocenters. The first-order chi connectivity index (χ1) is 7.36. The van der Waals surface area contributed by atoms with Crippen molar-refractivity contribution in [3.05, 3.63) is 24.8 Å². The molecule has 0 unspecified atom stereocenters. The molecular formula is C13H22O2. The van der Waals surface area contributed by atoms with E-state index in [1.807, 2.05) is 0 Å². The van der Waals surface area contributed by atoms with Gasteiger partial charge in [0.25, 0.3) is 0 Å². The van der Waals surface area contributed by atoms with Crippen LogP contribution in [-0.4, -0.2) is 24.4 Å². The van der Waals surface area contributed by atoms with Crippen LogP contribution in [0.4, 0.5) is 0 Å². The highest BCUT2D eigenvalue weighted by Crippen LogP contribution is 2.24. The molecule has 0 spiro atoms. The number of hydrogen-bond acceptors (Lipinski definition) is 2. The molecule has 0 radical (unpaired) electrons. The zero-order valence-corrected chi connectivity index (χ0v) is 9.40. The summed E-state index contributed by atoms with van der Waals surface area (Å²) in [5.74, 6) is 0.749. The van der Waals surface area contributed by atoms with Crippen LogP contribution in [0.2, 0.25) is 0 Å². The molecule has 0 saturated heterocycles. The second kappa shape index (κ2) is 7.66. The number of aliphatic hydroxyl groups is 1. The molecule has 0 aromatic rings. The Kier molecular flexibility index (Phi) is 6.37. The smallest absolute Gasteiger partial charge is 0.0988 e. The Morgan fingerprint density at radius 1 is 1.33 bits per heavy atom. The molecule has 86 valence electrons. The van der Waals surface area contributed by atoms with Gasteiger partial charge < -0.3 is 9.84 Å². The maximum atomic E-state index is 8.85. The molecule has 15 heavy (non-hydrogen) atoms. The van der Waals surface area contributed by atoms with Crippen LogP contribution in [0.5, 0.6) is 0 Å². The zero-order valence-electron chi connectivity index (χ0n) is 9.40. The summed E-state index contributed by atoms with van der Waals surface area (Å²) < 4.78 is 5.38. The van der Waals surface area contributed by atoms with Crippen LogP contribution in [0.1, 0.15) is 32.1 Å². The van der Waals surface area contributed by atoms with Crippen molar-refractivity contribution >= 4 is 0 Å². The monoisotopic (exact) mass is 210 g/mol. The van der Waals surface area contributed by atoms with E-state index in [-0.39, 0.29) is 12.7 Å². The number of aliphatic hydroxyl groups excluding tert-OH is 1. The van der Waals surface area contributed by atoms with Crippen molar-refractivity contribution in [3.8, 4) is 0 Å². The van der Waals surface area contributed by atoms with Crippen molar-refractivity contribution in [1.29, 1.82) is 0 Å². The summed E-state index contributed by atoms with van der Waals surface area (Å²) in [5, 5.41) is 8.85. The molecule has 2 nitrogen and oxygen atoms in total. The van der Waals surface area contributed by atoms with E-state index in [0.717, 1.165) is 5.92 Å². The third-order valence-electron chi connectivity index (χ3n) is 2.91. The molecule has 0 heterocycles. The minimum atomic E-state index is -0.221. The summed E-state index contributed by atoms with van der Waals surface area (Å²) >= 11 is 0. The van der Waals surface area contributed by atoms with Gasteiger partial charge in [0.15, 0.2) is 0 Å². The maximum Gasteiger partial charge on any atom is 0.0988 e. The minimum absolute atomic E-state index is 0.0147. The molecule has 2 heteroatoms. The molecule has 1 saturated carbocycles. The highest BCUT2D eigenvalue weighted by atomic mass is 16.5. The van der Waals surface area contributed by atoms with Crippen LogP contribution in [0.15, 0.2) is 24.8 Å². The van der Waals surface area contributed by atoms with E-state index in [1.54, 1.807) is 6.08 Å². The van der Waals surface area contributed by atoms with Gasteiger partial charge in [-0.2, -0.15) is 0 Å². The Hall–Kier alpha value is -0.600. The lowest BCUT2D eigenvalue weighted by molar-refractivity contribution is 0.0599. The van der Waals surface area contributed by atoms with E-state index in [2.05, 4.69) is 18.7 Å². The minimum Gasteiger partial charge on any atom is -0.393 e. The van der Waals surface area contributed by atoms with Crippen LogP contribution in [0.3, 0.4) is 0 Å². The van der Waals surface area contributed by atoms with Crippen LogP contribution in [0, 0.1) is 5.92 Å². The molecule has 1 aliphatic carbocycles. The Morgan fingerprint density at radius 3 is 2.67 bits per heavy atom. The highest BCUT2D eigenvalue weighted by molar-refractivity contribution is 4.90. The van der Waals surface area contributed by atoms with Crippen molar-refractivity contribution < 1.29 is 9.84 Å². The van der Waals surface area contributed by atoms with Gasteiger partial charge in [-0.3, -0.25) is 0 Å². The first-order valence-electron chi connectivity index (χ1n) is 5.88. The molecule has 0 bridgehead atoms. The molecule has 0 aromatic carbocycles. The summed E-state index contributed by atoms with van der Waals surface area (Å²) in [7, 11) is 0. The third-order valence-corrected chi connectivity index (χ3v) is 2.91. The van der Waals surface area contributed by atoms with E-state index >= 15 is 0 Å². The van der Waals surface area contributed by atoms with Gasteiger partial charge in [0.05, 0.1) is 19.3 Å². The number of allylic oxidation sites excluding steroid dienone is 1. The first-order valence-corrected chi connectivity index (χ1v) is 5.88. The SMILES string of the molecule is C=C[C@H](CO)OC/C=C/C1CCCCC1. The fourth-order valence-electron chi connectivity index (χ4n) is 1.95. The normalized spacial score (nSPS) is 20.6. The fraction of sp³-hybridized carbons (Fsp3) is 0.692. The lowest BCUT2D eigenvalue weighted by atomic mass is 9.89. The van der Waals surface area contributed by atoms with E-state index in [0.29, 0.717) is 6.61 Å². The summed E-state index contributed by atoms with van der Waals surface area (Å²) in [6.45, 7) is 4.18. The Bertz CT molecular complexity index is 193. The first kappa shape index (κ1) is 12.5. The third kappa shape index (κ3) is 5.14. The quantitative estimate of drug-likeness (QED) is 0.683. The second-order valence-electron chi connectivity index (χ2n) is 4.12. The average molecular weight is 210 g/mol.